The van der Waals surface area contributed by atoms with Crippen LogP contribution in [0.15, 0.2) is 78.0 Å². The van der Waals surface area contributed by atoms with Gasteiger partial charge in [0.05, 0.1) is 4.90 Å². The van der Waals surface area contributed by atoms with Crippen LogP contribution in [-0.4, -0.2) is 68.9 Å². The van der Waals surface area contributed by atoms with E-state index in [4.69, 9.17) is 4.74 Å². The summed E-state index contributed by atoms with van der Waals surface area (Å²) in [5.41, 5.74) is 3.67. The molecule has 0 unspecified atom stereocenters. The first-order valence-corrected chi connectivity index (χ1v) is 17.0. The molecule has 3 aromatic rings. The van der Waals surface area contributed by atoms with Crippen molar-refractivity contribution in [3.05, 3.63) is 89.7 Å². The number of nitrogens with zero attached hydrogens (tertiary/aromatic N) is 3. The molecule has 0 bridgehead atoms. The summed E-state index contributed by atoms with van der Waals surface area (Å²) in [6.07, 6.45) is 11.2. The van der Waals surface area contributed by atoms with E-state index in [1.807, 2.05) is 17.3 Å². The zero-order chi connectivity index (χ0) is 30.1. The first kappa shape index (κ1) is 31.2. The highest BCUT2D eigenvalue weighted by Crippen LogP contribution is 2.39. The Bertz CT molecular complexity index is 1440. The second-order valence-corrected chi connectivity index (χ2v) is 13.8. The van der Waals surface area contributed by atoms with Gasteiger partial charge in [0, 0.05) is 51.5 Å². The van der Waals surface area contributed by atoms with Crippen molar-refractivity contribution in [1.29, 1.82) is 0 Å². The van der Waals surface area contributed by atoms with E-state index in [0.29, 0.717) is 19.4 Å². The molecule has 3 heterocycles. The van der Waals surface area contributed by atoms with Crippen LogP contribution >= 0.6 is 0 Å². The van der Waals surface area contributed by atoms with Crippen LogP contribution in [0.5, 0.6) is 5.75 Å². The molecule has 0 saturated carbocycles. The molecule has 1 amide bonds. The van der Waals surface area contributed by atoms with Gasteiger partial charge in [0.2, 0.25) is 15.9 Å². The smallest absolute Gasteiger partial charge is 0.240 e. The van der Waals surface area contributed by atoms with Crippen molar-refractivity contribution in [1.82, 2.24) is 19.5 Å². The maximum atomic E-state index is 13.2. The van der Waals surface area contributed by atoms with Crippen LogP contribution in [0.1, 0.15) is 55.2 Å². The number of sulfonamides is 1. The van der Waals surface area contributed by atoms with Crippen molar-refractivity contribution >= 4 is 15.9 Å². The van der Waals surface area contributed by atoms with Gasteiger partial charge < -0.3 is 9.64 Å². The standard InChI is InChI=1S/C34H44N4O4S/c1-35-43(40,41)31-12-9-28(10-13-31)11-14-33(39)38-22-18-34(19-23-38)17-5-4-7-30-6-2-3-8-32(30)42-25-24-37(27-34)26-29-15-20-36-21-16-29/h2-3,6,8-10,12-13,15-16,20-21,35H,4-5,7,11,14,17-19,22-27H2,1H3. The lowest BCUT2D eigenvalue weighted by molar-refractivity contribution is -0.133. The molecule has 230 valence electrons. The summed E-state index contributed by atoms with van der Waals surface area (Å²) >= 11 is 0. The minimum atomic E-state index is -3.46. The molecule has 0 atom stereocenters. The predicted octanol–water partition coefficient (Wildman–Crippen LogP) is 4.84. The molecule has 1 saturated heterocycles. The maximum Gasteiger partial charge on any atom is 0.240 e. The summed E-state index contributed by atoms with van der Waals surface area (Å²) in [7, 11) is -2.06. The number of pyridine rings is 1. The molecule has 9 heteroatoms. The summed E-state index contributed by atoms with van der Waals surface area (Å²) in [4.78, 5) is 22.2. The highest BCUT2D eigenvalue weighted by atomic mass is 32.2. The molecule has 1 fully saturated rings. The molecule has 0 aliphatic carbocycles. The molecule has 1 N–H and O–H groups in total. The normalized spacial score (nSPS) is 18.2. The zero-order valence-electron chi connectivity index (χ0n) is 25.2. The monoisotopic (exact) mass is 604 g/mol. The average molecular weight is 605 g/mol. The van der Waals surface area contributed by atoms with Crippen molar-refractivity contribution in [3.63, 3.8) is 0 Å². The number of likely N-dealkylation sites (tertiary alicyclic amines) is 1. The van der Waals surface area contributed by atoms with Gasteiger partial charge in [-0.1, -0.05) is 36.8 Å². The number of piperidine rings is 1. The van der Waals surface area contributed by atoms with Crippen LogP contribution in [0.25, 0.3) is 0 Å². The quantitative estimate of drug-likeness (QED) is 0.415. The number of aryl methyl sites for hydroxylation is 2. The fourth-order valence-corrected chi connectivity index (χ4v) is 7.20. The van der Waals surface area contributed by atoms with Crippen molar-refractivity contribution < 1.29 is 17.9 Å². The Kier molecular flexibility index (Phi) is 10.5. The van der Waals surface area contributed by atoms with Gasteiger partial charge in [0.15, 0.2) is 0 Å². The van der Waals surface area contributed by atoms with Gasteiger partial charge in [-0.25, -0.2) is 13.1 Å². The van der Waals surface area contributed by atoms with Crippen LogP contribution in [0.3, 0.4) is 0 Å². The van der Waals surface area contributed by atoms with E-state index >= 15 is 0 Å². The number of para-hydroxylation sites is 1. The Balaban J connectivity index is 1.22. The van der Waals surface area contributed by atoms with E-state index in [0.717, 1.165) is 82.6 Å². The molecule has 8 nitrogen and oxygen atoms in total. The number of nitrogens with one attached hydrogen (secondary N) is 1. The summed E-state index contributed by atoms with van der Waals surface area (Å²) in [5.74, 6) is 1.18. The molecule has 2 aliphatic rings. The fourth-order valence-electron chi connectivity index (χ4n) is 6.47. The maximum absolute atomic E-state index is 13.2. The van der Waals surface area contributed by atoms with Crippen molar-refractivity contribution in [2.45, 2.75) is 62.8 Å². The van der Waals surface area contributed by atoms with Crippen LogP contribution in [0.2, 0.25) is 0 Å². The Morgan fingerprint density at radius 1 is 0.930 bits per heavy atom. The van der Waals surface area contributed by atoms with Crippen LogP contribution in [-0.2, 0) is 34.2 Å². The number of hydrogen-bond donors (Lipinski definition) is 1. The molecule has 5 rings (SSSR count). The number of ether oxygens (including phenoxy) is 1. The highest BCUT2D eigenvalue weighted by Gasteiger charge is 2.37. The van der Waals surface area contributed by atoms with Gasteiger partial charge >= 0.3 is 0 Å². The lowest BCUT2D eigenvalue weighted by Crippen LogP contribution is -2.48. The Morgan fingerprint density at radius 3 is 2.42 bits per heavy atom. The third-order valence-corrected chi connectivity index (χ3v) is 10.5. The Morgan fingerprint density at radius 2 is 1.67 bits per heavy atom. The molecular formula is C34H44N4O4S. The zero-order valence-corrected chi connectivity index (χ0v) is 26.0. The molecule has 1 aromatic heterocycles. The average Bonchev–Trinajstić information content (AvgIpc) is 3.03. The number of benzene rings is 2. The van der Waals surface area contributed by atoms with Crippen molar-refractivity contribution in [2.75, 3.05) is 39.8 Å². The lowest BCUT2D eigenvalue weighted by atomic mass is 9.73. The summed E-state index contributed by atoms with van der Waals surface area (Å²) in [5, 5.41) is 0. The van der Waals surface area contributed by atoms with Crippen LogP contribution < -0.4 is 9.46 Å². The summed E-state index contributed by atoms with van der Waals surface area (Å²) in [6.45, 7) is 4.89. The first-order valence-electron chi connectivity index (χ1n) is 15.5. The van der Waals surface area contributed by atoms with Gasteiger partial charge in [-0.15, -0.1) is 0 Å². The van der Waals surface area contributed by atoms with E-state index in [1.165, 1.54) is 18.2 Å². The SMILES string of the molecule is CNS(=O)(=O)c1ccc(CCC(=O)N2CCC3(CCCCc4ccccc4OCCN(Cc4ccncc4)C3)CC2)cc1. The fraction of sp³-hybridized carbons (Fsp3) is 0.471. The second-order valence-electron chi connectivity index (χ2n) is 12.0. The third kappa shape index (κ3) is 8.43. The van der Waals surface area contributed by atoms with E-state index in [-0.39, 0.29) is 16.2 Å². The van der Waals surface area contributed by atoms with E-state index in [9.17, 15) is 13.2 Å². The molecule has 2 aromatic carbocycles. The minimum absolute atomic E-state index is 0.164. The summed E-state index contributed by atoms with van der Waals surface area (Å²) in [6, 6.07) is 19.4. The predicted molar refractivity (Wildman–Crippen MR) is 168 cm³/mol. The van der Waals surface area contributed by atoms with Gasteiger partial charge in [0.1, 0.15) is 12.4 Å². The van der Waals surface area contributed by atoms with Crippen LogP contribution in [0.4, 0.5) is 0 Å². The Labute approximate surface area is 256 Å². The van der Waals surface area contributed by atoms with Crippen molar-refractivity contribution in [2.24, 2.45) is 5.41 Å². The lowest BCUT2D eigenvalue weighted by Gasteiger charge is -2.45. The molecular weight excluding hydrogens is 560 g/mol. The highest BCUT2D eigenvalue weighted by molar-refractivity contribution is 7.89. The topological polar surface area (TPSA) is 91.8 Å². The van der Waals surface area contributed by atoms with Gasteiger partial charge in [-0.05, 0) is 98.0 Å². The number of aromatic nitrogens is 1. The minimum Gasteiger partial charge on any atom is -0.492 e. The van der Waals surface area contributed by atoms with Crippen molar-refractivity contribution in [3.8, 4) is 5.75 Å². The van der Waals surface area contributed by atoms with Gasteiger partial charge in [0.25, 0.3) is 0 Å². The number of carbonyl (C=O) groups is 1. The van der Waals surface area contributed by atoms with E-state index in [1.54, 1.807) is 24.3 Å². The van der Waals surface area contributed by atoms with E-state index in [2.05, 4.69) is 51.0 Å². The molecule has 1 spiro atoms. The third-order valence-electron chi connectivity index (χ3n) is 9.06. The molecule has 2 aliphatic heterocycles. The number of fused-ring (bicyclic) bond motifs is 1. The van der Waals surface area contributed by atoms with Crippen LogP contribution in [0, 0.1) is 5.41 Å². The molecule has 43 heavy (non-hydrogen) atoms. The second kappa shape index (κ2) is 14.5. The number of hydrogen-bond acceptors (Lipinski definition) is 6. The van der Waals surface area contributed by atoms with E-state index < -0.39 is 10.0 Å². The number of rotatable bonds is 7. The number of carbonyl (C=O) groups excluding carboxylic acids is 1. The van der Waals surface area contributed by atoms with Gasteiger partial charge in [-0.2, -0.15) is 0 Å². The largest absolute Gasteiger partial charge is 0.492 e. The number of amides is 1. The first-order chi connectivity index (χ1) is 20.9. The summed E-state index contributed by atoms with van der Waals surface area (Å²) < 4.78 is 32.6. The van der Waals surface area contributed by atoms with Gasteiger partial charge in [-0.3, -0.25) is 14.7 Å². The molecule has 0 radical (unpaired) electrons. The Hall–Kier alpha value is -3.27.